The molecule has 20 heteroatoms. The lowest BCUT2D eigenvalue weighted by Crippen LogP contribution is -2.59. The molecule has 412 valence electrons. The number of fused-ring (bicyclic) bond motifs is 4. The van der Waals surface area contributed by atoms with E-state index in [-0.39, 0.29) is 84.2 Å². The number of thioether (sulfide) groups is 2. The van der Waals surface area contributed by atoms with Crippen LogP contribution in [0.25, 0.3) is 0 Å². The first-order valence-electron chi connectivity index (χ1n) is 27.4. The van der Waals surface area contributed by atoms with Gasteiger partial charge in [-0.1, -0.05) is 76.2 Å². The van der Waals surface area contributed by atoms with Crippen LogP contribution in [0.5, 0.6) is 0 Å². The van der Waals surface area contributed by atoms with Gasteiger partial charge in [0.2, 0.25) is 47.3 Å². The van der Waals surface area contributed by atoms with Gasteiger partial charge in [0.1, 0.15) is 24.2 Å². The quantitative estimate of drug-likeness (QED) is 0.181. The van der Waals surface area contributed by atoms with Crippen LogP contribution < -0.4 is 31.9 Å². The average molecular weight is 1080 g/mol. The maximum Gasteiger partial charge on any atom is 0.246 e. The molecule has 0 saturated carbocycles. The van der Waals surface area contributed by atoms with Crippen molar-refractivity contribution < 1.29 is 38.4 Å². The van der Waals surface area contributed by atoms with E-state index in [2.05, 4.69) is 31.9 Å². The zero-order chi connectivity index (χ0) is 54.4. The zero-order valence-electron chi connectivity index (χ0n) is 45.3. The molecular formula is C56H78N10O8S2. The van der Waals surface area contributed by atoms with Crippen LogP contribution in [0.4, 0.5) is 0 Å². The Morgan fingerprint density at radius 2 is 0.921 bits per heavy atom. The number of nitrogens with one attached hydrogen (secondary N) is 6. The molecule has 5 fully saturated rings. The average Bonchev–Trinajstić information content (AvgIpc) is 3.73. The Morgan fingerprint density at radius 3 is 1.29 bits per heavy atom. The molecule has 9 rings (SSSR count). The largest absolute Gasteiger partial charge is 0.347 e. The van der Waals surface area contributed by atoms with Crippen LogP contribution in [0.2, 0.25) is 0 Å². The highest BCUT2D eigenvalue weighted by molar-refractivity contribution is 8.00. The highest BCUT2D eigenvalue weighted by Crippen LogP contribution is 2.49. The lowest BCUT2D eigenvalue weighted by molar-refractivity contribution is -0.148. The Hall–Kier alpha value is -5.18. The summed E-state index contributed by atoms with van der Waals surface area (Å²) in [7, 11) is 3.38. The van der Waals surface area contributed by atoms with Crippen molar-refractivity contribution in [3.8, 4) is 0 Å². The summed E-state index contributed by atoms with van der Waals surface area (Å²) in [5.41, 5.74) is 2.64. The monoisotopic (exact) mass is 1080 g/mol. The maximum atomic E-state index is 15.0. The van der Waals surface area contributed by atoms with Gasteiger partial charge in [0.05, 0.1) is 46.8 Å². The summed E-state index contributed by atoms with van der Waals surface area (Å²) in [6.45, 7) is 12.6. The van der Waals surface area contributed by atoms with E-state index < -0.39 is 71.0 Å². The summed E-state index contributed by atoms with van der Waals surface area (Å²) in [6.07, 6.45) is 4.39. The third-order valence-electron chi connectivity index (χ3n) is 17.5. The van der Waals surface area contributed by atoms with Crippen LogP contribution in [0.1, 0.15) is 114 Å². The molecule has 7 aliphatic rings. The molecule has 8 amide bonds. The van der Waals surface area contributed by atoms with Crippen molar-refractivity contribution in [1.82, 2.24) is 51.5 Å². The van der Waals surface area contributed by atoms with Crippen molar-refractivity contribution >= 4 is 70.8 Å². The van der Waals surface area contributed by atoms with Crippen LogP contribution in [-0.2, 0) is 51.2 Å². The molecular weight excluding hydrogens is 1000 g/mol. The van der Waals surface area contributed by atoms with Gasteiger partial charge in [0, 0.05) is 26.2 Å². The van der Waals surface area contributed by atoms with Crippen molar-refractivity contribution in [2.24, 2.45) is 22.7 Å². The lowest BCUT2D eigenvalue weighted by atomic mass is 9.77. The second-order valence-electron chi connectivity index (χ2n) is 23.4. The van der Waals surface area contributed by atoms with Gasteiger partial charge >= 0.3 is 0 Å². The number of likely N-dealkylation sites (N-methyl/N-ethyl adjacent to an activating group) is 2. The Morgan fingerprint density at radius 1 is 0.553 bits per heavy atom. The first kappa shape index (κ1) is 55.6. The van der Waals surface area contributed by atoms with Gasteiger partial charge in [-0.2, -0.15) is 0 Å². The Balaban J connectivity index is 0.897. The molecule has 0 radical (unpaired) electrons. The molecule has 1 unspecified atom stereocenters. The molecule has 2 aliphatic carbocycles. The minimum atomic E-state index is -0.840. The SMILES string of the molecule is CN[C@@H](C)C(=O)N[C@H]1CCS[C@H]2CC(C)(C)C(C(=O)N[C@@H]3c4ccccc4CC[C@H]3C(=O)N3CCN(C(=O)[C@@H]4CCc5ccccc5[C@H]4NC(=O)[C@H]4N5C(=O)[C@@H](NC(=O)[C@H](C)NC)CCS[C@H]5CC4(C)C)CC3)N2C1=O. The number of rotatable bonds is 12. The number of benzene rings is 2. The number of hydrogen-bond acceptors (Lipinski definition) is 12. The molecule has 5 saturated heterocycles. The van der Waals surface area contributed by atoms with Crippen LogP contribution in [0.3, 0.4) is 0 Å². The van der Waals surface area contributed by atoms with Crippen LogP contribution in [0.15, 0.2) is 48.5 Å². The summed E-state index contributed by atoms with van der Waals surface area (Å²) < 4.78 is 0. The predicted molar refractivity (Wildman–Crippen MR) is 292 cm³/mol. The van der Waals surface area contributed by atoms with Crippen LogP contribution in [-0.4, -0.2) is 166 Å². The Kier molecular flexibility index (Phi) is 16.6. The van der Waals surface area contributed by atoms with Crippen molar-refractivity contribution in [3.05, 3.63) is 70.8 Å². The second-order valence-corrected chi connectivity index (χ2v) is 25.9. The topological polar surface area (TPSA) is 222 Å². The Bertz CT molecular complexity index is 2420. The summed E-state index contributed by atoms with van der Waals surface area (Å²) in [5.74, 6) is -1.89. The first-order valence-corrected chi connectivity index (χ1v) is 29.5. The van der Waals surface area contributed by atoms with E-state index in [0.717, 1.165) is 22.3 Å². The second kappa shape index (κ2) is 22.7. The molecule has 5 aliphatic heterocycles. The third-order valence-corrected chi connectivity index (χ3v) is 20.0. The van der Waals surface area contributed by atoms with E-state index in [1.54, 1.807) is 61.3 Å². The number of nitrogens with zero attached hydrogens (tertiary/aromatic N) is 4. The van der Waals surface area contributed by atoms with Crippen molar-refractivity contribution in [2.75, 3.05) is 51.8 Å². The van der Waals surface area contributed by atoms with Gasteiger partial charge in [-0.25, -0.2) is 0 Å². The fourth-order valence-electron chi connectivity index (χ4n) is 13.0. The van der Waals surface area contributed by atoms with Gasteiger partial charge < -0.3 is 51.5 Å². The summed E-state index contributed by atoms with van der Waals surface area (Å²) in [5, 5.41) is 17.9. The van der Waals surface area contributed by atoms with Gasteiger partial charge in [-0.15, -0.1) is 23.5 Å². The Labute approximate surface area is 455 Å². The van der Waals surface area contributed by atoms with Crippen LogP contribution in [0, 0.1) is 22.7 Å². The van der Waals surface area contributed by atoms with Gasteiger partial charge in [0.25, 0.3) is 0 Å². The fourth-order valence-corrected chi connectivity index (χ4v) is 16.2. The predicted octanol–water partition coefficient (Wildman–Crippen LogP) is 2.86. The highest BCUT2D eigenvalue weighted by Gasteiger charge is 2.57. The van der Waals surface area contributed by atoms with E-state index in [1.807, 2.05) is 86.0 Å². The smallest absolute Gasteiger partial charge is 0.246 e. The highest BCUT2D eigenvalue weighted by atomic mass is 32.2. The number of hydrogen-bond donors (Lipinski definition) is 6. The molecule has 76 heavy (non-hydrogen) atoms. The van der Waals surface area contributed by atoms with Crippen molar-refractivity contribution in [1.29, 1.82) is 0 Å². The molecule has 0 spiro atoms. The molecule has 0 aromatic heterocycles. The molecule has 12 atom stereocenters. The lowest BCUT2D eigenvalue weighted by Gasteiger charge is -2.43. The molecule has 2 aromatic carbocycles. The first-order chi connectivity index (χ1) is 36.2. The van der Waals surface area contributed by atoms with Crippen molar-refractivity contribution in [3.63, 3.8) is 0 Å². The van der Waals surface area contributed by atoms with E-state index in [0.29, 0.717) is 62.9 Å². The summed E-state index contributed by atoms with van der Waals surface area (Å²) >= 11 is 3.27. The minimum absolute atomic E-state index is 0.105. The maximum absolute atomic E-state index is 15.0. The van der Waals surface area contributed by atoms with Gasteiger partial charge in [0.15, 0.2) is 0 Å². The molecule has 2 aromatic rings. The van der Waals surface area contributed by atoms with Gasteiger partial charge in [-0.05, 0) is 124 Å². The fraction of sp³-hybridized carbons (Fsp3) is 0.643. The number of piperazine rings is 1. The van der Waals surface area contributed by atoms with E-state index >= 15 is 0 Å². The van der Waals surface area contributed by atoms with Gasteiger partial charge in [-0.3, -0.25) is 38.4 Å². The van der Waals surface area contributed by atoms with E-state index in [9.17, 15) is 38.4 Å². The molecule has 18 nitrogen and oxygen atoms in total. The van der Waals surface area contributed by atoms with Crippen molar-refractivity contribution in [2.45, 2.75) is 152 Å². The normalized spacial score (nSPS) is 30.5. The summed E-state index contributed by atoms with van der Waals surface area (Å²) in [6, 6.07) is 10.2. The number of amides is 8. The zero-order valence-corrected chi connectivity index (χ0v) is 47.0. The molecule has 0 bridgehead atoms. The number of aryl methyl sites for hydroxylation is 2. The summed E-state index contributed by atoms with van der Waals surface area (Å²) in [4.78, 5) is 122. The van der Waals surface area contributed by atoms with Crippen LogP contribution >= 0.6 is 23.5 Å². The van der Waals surface area contributed by atoms with E-state index in [1.165, 1.54) is 0 Å². The number of carbonyl (C=O) groups excluding carboxylic acids is 8. The number of carbonyl (C=O) groups is 8. The molecule has 5 heterocycles. The standard InChI is InChI=1S/C56H78N10O8S2/c1-31(57-7)47(67)59-39-21-27-75-41-29-55(3,4)45(65(41)53(39)73)49(69)61-43-35-15-11-9-13-33(35)17-19-37(43)51(71)63-23-25-64(26-24-63)52(72)38-20-18-34-14-10-12-16-36(34)44(38)62-50(70)46-56(5,6)30-42-66(46)54(74)40(22-28-76-42)60-48(68)32(2)58-8/h9-16,31-32,37-46,57-58H,17-30H2,1-8H3,(H,59,67)(H,60,68)(H,61,69)(H,62,70)/t31-,32-,37+,38+,39-,40-,41-,42-,43+,44+,45+,46?/m0/s1. The third kappa shape index (κ3) is 10.8. The minimum Gasteiger partial charge on any atom is -0.347 e. The molecule has 6 N–H and O–H groups in total. The van der Waals surface area contributed by atoms with E-state index in [4.69, 9.17) is 0 Å².